The summed E-state index contributed by atoms with van der Waals surface area (Å²) in [4.78, 5) is 39.8. The first kappa shape index (κ1) is 20.7. The molecule has 2 amide bonds. The molecule has 0 bridgehead atoms. The first-order valence-corrected chi connectivity index (χ1v) is 11.7. The van der Waals surface area contributed by atoms with Crippen LogP contribution in [0.25, 0.3) is 5.82 Å². The second-order valence-corrected chi connectivity index (χ2v) is 9.55. The van der Waals surface area contributed by atoms with E-state index in [1.807, 2.05) is 50.1 Å². The summed E-state index contributed by atoms with van der Waals surface area (Å²) < 4.78 is 2.10. The highest BCUT2D eigenvalue weighted by Crippen LogP contribution is 2.47. The van der Waals surface area contributed by atoms with E-state index < -0.39 is 5.54 Å². The maximum Gasteiger partial charge on any atom is 0.265 e. The van der Waals surface area contributed by atoms with Crippen LogP contribution in [0.15, 0.2) is 42.2 Å². The zero-order valence-electron chi connectivity index (χ0n) is 18.4. The molecule has 8 nitrogen and oxygen atoms in total. The number of thiazole rings is 1. The molecule has 2 aliphatic rings. The van der Waals surface area contributed by atoms with Crippen molar-refractivity contribution in [3.8, 4) is 5.82 Å². The van der Waals surface area contributed by atoms with Gasteiger partial charge in [0.1, 0.15) is 10.4 Å². The Morgan fingerprint density at radius 2 is 2.09 bits per heavy atom. The number of amides is 2. The number of pyridine rings is 1. The van der Waals surface area contributed by atoms with Gasteiger partial charge in [-0.2, -0.15) is 0 Å². The SMILES string of the molecule is Cc1ncsc1C(=O)N1CCC2(C1)c1cccn1-c1ncccc1N2CC(=O)NC(C)C. The molecule has 1 unspecified atom stereocenters. The molecule has 5 rings (SSSR count). The number of nitrogens with one attached hydrogen (secondary N) is 1. The molecule has 0 aromatic carbocycles. The summed E-state index contributed by atoms with van der Waals surface area (Å²) in [6.45, 7) is 7.08. The van der Waals surface area contributed by atoms with E-state index in [2.05, 4.69) is 30.8 Å². The number of fused-ring (bicyclic) bond motifs is 4. The molecule has 2 aliphatic heterocycles. The lowest BCUT2D eigenvalue weighted by Gasteiger charge is -2.46. The summed E-state index contributed by atoms with van der Waals surface area (Å²) in [7, 11) is 0. The maximum atomic E-state index is 13.3. The standard InChI is InChI=1S/C23H26N6O2S/c1-15(2)26-19(30)12-29-17-6-4-9-24-21(17)28-10-5-7-18(28)23(29)8-11-27(13-23)22(31)20-16(3)25-14-32-20/h4-7,9-10,14-15H,8,11-13H2,1-3H3,(H,26,30). The number of hydrogen-bond donors (Lipinski definition) is 1. The van der Waals surface area contributed by atoms with Crippen molar-refractivity contribution < 1.29 is 9.59 Å². The molecule has 32 heavy (non-hydrogen) atoms. The Bertz CT molecular complexity index is 1180. The molecule has 1 N–H and O–H groups in total. The van der Waals surface area contributed by atoms with Gasteiger partial charge in [0.05, 0.1) is 29.1 Å². The lowest BCUT2D eigenvalue weighted by molar-refractivity contribution is -0.120. The monoisotopic (exact) mass is 450 g/mol. The minimum Gasteiger partial charge on any atom is -0.352 e. The minimum absolute atomic E-state index is 0.00328. The average Bonchev–Trinajstić information content (AvgIpc) is 3.50. The first-order valence-electron chi connectivity index (χ1n) is 10.8. The number of anilines is 1. The van der Waals surface area contributed by atoms with Crippen molar-refractivity contribution >= 4 is 28.8 Å². The fourth-order valence-electron chi connectivity index (χ4n) is 4.89. The summed E-state index contributed by atoms with van der Waals surface area (Å²) in [6, 6.07) is 8.04. The number of aromatic nitrogens is 3. The molecule has 5 heterocycles. The number of carbonyl (C=O) groups excluding carboxylic acids is 2. The minimum atomic E-state index is -0.512. The lowest BCUT2D eigenvalue weighted by Crippen LogP contribution is -2.56. The highest BCUT2D eigenvalue weighted by atomic mass is 32.1. The third-order valence-electron chi connectivity index (χ3n) is 6.25. The molecule has 1 spiro atoms. The van der Waals surface area contributed by atoms with Crippen LogP contribution < -0.4 is 10.2 Å². The summed E-state index contributed by atoms with van der Waals surface area (Å²) >= 11 is 1.38. The topological polar surface area (TPSA) is 83.4 Å². The number of hydrogen-bond acceptors (Lipinski definition) is 6. The van der Waals surface area contributed by atoms with Gasteiger partial charge >= 0.3 is 0 Å². The summed E-state index contributed by atoms with van der Waals surface area (Å²) in [6.07, 6.45) is 4.50. The van der Waals surface area contributed by atoms with Crippen molar-refractivity contribution in [2.24, 2.45) is 0 Å². The van der Waals surface area contributed by atoms with Gasteiger partial charge in [-0.05, 0) is 51.5 Å². The van der Waals surface area contributed by atoms with Crippen molar-refractivity contribution in [3.63, 3.8) is 0 Å². The van der Waals surface area contributed by atoms with Crippen LogP contribution in [0, 0.1) is 6.92 Å². The Kier molecular flexibility index (Phi) is 5.00. The van der Waals surface area contributed by atoms with E-state index >= 15 is 0 Å². The molecule has 0 aliphatic carbocycles. The number of aryl methyl sites for hydroxylation is 1. The van der Waals surface area contributed by atoms with Gasteiger partial charge in [-0.15, -0.1) is 11.3 Å². The van der Waals surface area contributed by atoms with Gasteiger partial charge in [-0.3, -0.25) is 9.59 Å². The smallest absolute Gasteiger partial charge is 0.265 e. The van der Waals surface area contributed by atoms with Gasteiger partial charge in [-0.1, -0.05) is 0 Å². The van der Waals surface area contributed by atoms with Crippen LogP contribution in [-0.4, -0.2) is 56.9 Å². The number of rotatable bonds is 4. The zero-order chi connectivity index (χ0) is 22.5. The zero-order valence-corrected chi connectivity index (χ0v) is 19.2. The normalized spacial score (nSPS) is 19.4. The van der Waals surface area contributed by atoms with Crippen molar-refractivity contribution in [2.75, 3.05) is 24.5 Å². The molecule has 0 radical (unpaired) electrons. The highest BCUT2D eigenvalue weighted by Gasteiger charge is 2.51. The Morgan fingerprint density at radius 3 is 2.84 bits per heavy atom. The molecule has 166 valence electrons. The largest absolute Gasteiger partial charge is 0.352 e. The van der Waals surface area contributed by atoms with Crippen LogP contribution in [-0.2, 0) is 10.3 Å². The second-order valence-electron chi connectivity index (χ2n) is 8.69. The predicted molar refractivity (Wildman–Crippen MR) is 123 cm³/mol. The average molecular weight is 451 g/mol. The molecular formula is C23H26N6O2S. The van der Waals surface area contributed by atoms with Crippen molar-refractivity contribution in [1.29, 1.82) is 0 Å². The third-order valence-corrected chi connectivity index (χ3v) is 7.17. The van der Waals surface area contributed by atoms with Gasteiger partial charge in [0.2, 0.25) is 5.91 Å². The van der Waals surface area contributed by atoms with Crippen LogP contribution in [0.2, 0.25) is 0 Å². The highest BCUT2D eigenvalue weighted by molar-refractivity contribution is 7.11. The van der Waals surface area contributed by atoms with Gasteiger partial charge in [0, 0.05) is 31.5 Å². The Hall–Kier alpha value is -3.20. The predicted octanol–water partition coefficient (Wildman–Crippen LogP) is 2.72. The maximum absolute atomic E-state index is 13.3. The summed E-state index contributed by atoms with van der Waals surface area (Å²) in [5, 5.41) is 3.01. The fourth-order valence-corrected chi connectivity index (χ4v) is 5.66. The summed E-state index contributed by atoms with van der Waals surface area (Å²) in [5.41, 5.74) is 3.92. The van der Waals surface area contributed by atoms with E-state index in [4.69, 9.17) is 0 Å². The molecule has 3 aromatic rings. The van der Waals surface area contributed by atoms with E-state index in [0.29, 0.717) is 18.0 Å². The van der Waals surface area contributed by atoms with Crippen LogP contribution >= 0.6 is 11.3 Å². The Morgan fingerprint density at radius 1 is 1.25 bits per heavy atom. The van der Waals surface area contributed by atoms with Gasteiger partial charge < -0.3 is 19.7 Å². The fraction of sp³-hybridized carbons (Fsp3) is 0.391. The van der Waals surface area contributed by atoms with E-state index in [0.717, 1.165) is 29.3 Å². The van der Waals surface area contributed by atoms with Gasteiger partial charge in [-0.25, -0.2) is 9.97 Å². The Labute approximate surface area is 190 Å². The molecule has 9 heteroatoms. The van der Waals surface area contributed by atoms with E-state index in [9.17, 15) is 9.59 Å². The van der Waals surface area contributed by atoms with Crippen molar-refractivity contribution in [2.45, 2.75) is 38.8 Å². The van der Waals surface area contributed by atoms with Gasteiger partial charge in [0.15, 0.2) is 5.82 Å². The van der Waals surface area contributed by atoms with Crippen LogP contribution in [0.1, 0.15) is 41.3 Å². The van der Waals surface area contributed by atoms with Crippen molar-refractivity contribution in [1.82, 2.24) is 24.8 Å². The van der Waals surface area contributed by atoms with Crippen molar-refractivity contribution in [3.05, 3.63) is 58.4 Å². The van der Waals surface area contributed by atoms with E-state index in [1.165, 1.54) is 11.3 Å². The second kappa shape index (κ2) is 7.74. The molecule has 1 saturated heterocycles. The summed E-state index contributed by atoms with van der Waals surface area (Å²) in [5.74, 6) is 0.763. The Balaban J connectivity index is 1.57. The molecule has 1 fully saturated rings. The quantitative estimate of drug-likeness (QED) is 0.661. The first-order chi connectivity index (χ1) is 15.4. The number of carbonyl (C=O) groups is 2. The number of likely N-dealkylation sites (tertiary alicyclic amines) is 1. The molecule has 3 aromatic heterocycles. The molecular weight excluding hydrogens is 424 g/mol. The molecule has 1 atom stereocenters. The third kappa shape index (κ3) is 3.19. The van der Waals surface area contributed by atoms with E-state index in [1.54, 1.807) is 11.7 Å². The van der Waals surface area contributed by atoms with E-state index in [-0.39, 0.29) is 24.4 Å². The lowest BCUT2D eigenvalue weighted by atomic mass is 9.88. The van der Waals surface area contributed by atoms with Gasteiger partial charge in [0.25, 0.3) is 5.91 Å². The van der Waals surface area contributed by atoms with Crippen LogP contribution in [0.5, 0.6) is 0 Å². The number of nitrogens with zero attached hydrogens (tertiary/aromatic N) is 5. The molecule has 0 saturated carbocycles. The van der Waals surface area contributed by atoms with Crippen LogP contribution in [0.4, 0.5) is 5.69 Å². The van der Waals surface area contributed by atoms with Crippen LogP contribution in [0.3, 0.4) is 0 Å².